The van der Waals surface area contributed by atoms with Gasteiger partial charge < -0.3 is 9.84 Å². The molecule has 0 heterocycles. The smallest absolute Gasteiger partial charge is 0.153 e. The van der Waals surface area contributed by atoms with Crippen molar-refractivity contribution in [2.75, 3.05) is 7.11 Å². The Labute approximate surface area is 107 Å². The number of phenolic OH excluding ortho intramolecular Hbond substituents is 1. The number of carbonyl (C=O) groups excluding carboxylic acids is 1. The summed E-state index contributed by atoms with van der Waals surface area (Å²) in [7, 11) is 1.58. The van der Waals surface area contributed by atoms with Gasteiger partial charge in [0.15, 0.2) is 6.29 Å². The van der Waals surface area contributed by atoms with Crippen LogP contribution in [0.1, 0.15) is 41.6 Å². The number of methoxy groups -OCH3 is 1. The van der Waals surface area contributed by atoms with Crippen molar-refractivity contribution in [3.63, 3.8) is 0 Å². The van der Waals surface area contributed by atoms with Crippen LogP contribution in [0.3, 0.4) is 0 Å². The molecule has 0 amide bonds. The summed E-state index contributed by atoms with van der Waals surface area (Å²) in [4.78, 5) is 10.9. The van der Waals surface area contributed by atoms with E-state index in [1.165, 1.54) is 18.4 Å². The lowest BCUT2D eigenvalue weighted by atomic mass is 9.92. The minimum Gasteiger partial charge on any atom is -0.507 e. The largest absolute Gasteiger partial charge is 0.507 e. The lowest BCUT2D eigenvalue weighted by molar-refractivity contribution is 0.112. The quantitative estimate of drug-likeness (QED) is 0.655. The summed E-state index contributed by atoms with van der Waals surface area (Å²) in [5, 5.41) is 10.1. The summed E-state index contributed by atoms with van der Waals surface area (Å²) in [6.07, 6.45) is 8.17. The zero-order chi connectivity index (χ0) is 13.0. The summed E-state index contributed by atoms with van der Waals surface area (Å²) in [6.45, 7) is 0. The van der Waals surface area contributed by atoms with Crippen LogP contribution in [0.25, 0.3) is 0 Å². The molecule has 3 nitrogen and oxygen atoms in total. The molecular weight excluding hydrogens is 228 g/mol. The summed E-state index contributed by atoms with van der Waals surface area (Å²) in [6, 6.07) is 3.32. The minimum atomic E-state index is 0.0517. The number of aromatic hydroxyl groups is 1. The molecule has 0 fully saturated rings. The molecular formula is C15H18O3. The molecule has 3 heteroatoms. The topological polar surface area (TPSA) is 46.5 Å². The molecule has 0 saturated carbocycles. The van der Waals surface area contributed by atoms with Gasteiger partial charge >= 0.3 is 0 Å². The van der Waals surface area contributed by atoms with Crippen LogP contribution in [-0.4, -0.2) is 18.5 Å². The van der Waals surface area contributed by atoms with E-state index in [1.807, 2.05) is 0 Å². The number of allylic oxidation sites excluding steroid dienone is 2. The average molecular weight is 246 g/mol. The van der Waals surface area contributed by atoms with Crippen molar-refractivity contribution in [1.29, 1.82) is 0 Å². The number of ether oxygens (including phenoxy) is 1. The second-order valence-electron chi connectivity index (χ2n) is 4.59. The van der Waals surface area contributed by atoms with Gasteiger partial charge in [-0.2, -0.15) is 0 Å². The standard InChI is InChI=1S/C15H18O3/c1-18-14-8-7-12(10-16)15(17)13(14)9-11-5-3-2-4-6-11/h5,7-8,10,17H,2-4,6,9H2,1H3. The zero-order valence-electron chi connectivity index (χ0n) is 10.6. The summed E-state index contributed by atoms with van der Waals surface area (Å²) in [5.41, 5.74) is 2.36. The van der Waals surface area contributed by atoms with Crippen LogP contribution in [0.15, 0.2) is 23.8 Å². The van der Waals surface area contributed by atoms with E-state index in [9.17, 15) is 9.90 Å². The first-order valence-electron chi connectivity index (χ1n) is 6.28. The minimum absolute atomic E-state index is 0.0517. The second kappa shape index (κ2) is 5.71. The van der Waals surface area contributed by atoms with E-state index in [1.54, 1.807) is 19.2 Å². The lowest BCUT2D eigenvalue weighted by Crippen LogP contribution is -2.00. The molecule has 96 valence electrons. The van der Waals surface area contributed by atoms with Crippen LogP contribution >= 0.6 is 0 Å². The van der Waals surface area contributed by atoms with E-state index < -0.39 is 0 Å². The summed E-state index contributed by atoms with van der Waals surface area (Å²) in [5.74, 6) is 0.695. The number of hydrogen-bond acceptors (Lipinski definition) is 3. The van der Waals surface area contributed by atoms with Crippen molar-refractivity contribution < 1.29 is 14.6 Å². The number of benzene rings is 1. The SMILES string of the molecule is COc1ccc(C=O)c(O)c1CC1=CCCCC1. The third-order valence-electron chi connectivity index (χ3n) is 3.41. The molecule has 1 aliphatic rings. The molecule has 0 saturated heterocycles. The summed E-state index contributed by atoms with van der Waals surface area (Å²) < 4.78 is 5.26. The van der Waals surface area contributed by atoms with Crippen molar-refractivity contribution in [2.45, 2.75) is 32.1 Å². The van der Waals surface area contributed by atoms with Gasteiger partial charge in [0.05, 0.1) is 12.7 Å². The number of carbonyl (C=O) groups is 1. The molecule has 1 aromatic rings. The normalized spacial score (nSPS) is 15.1. The van der Waals surface area contributed by atoms with Crippen LogP contribution in [0.5, 0.6) is 11.5 Å². The molecule has 0 bridgehead atoms. The third kappa shape index (κ3) is 2.55. The number of aldehydes is 1. The van der Waals surface area contributed by atoms with E-state index in [2.05, 4.69) is 6.08 Å². The van der Waals surface area contributed by atoms with Gasteiger partial charge in [0.1, 0.15) is 11.5 Å². The first-order valence-corrected chi connectivity index (χ1v) is 6.28. The second-order valence-corrected chi connectivity index (χ2v) is 4.59. The molecule has 1 aliphatic carbocycles. The highest BCUT2D eigenvalue weighted by molar-refractivity contribution is 5.81. The van der Waals surface area contributed by atoms with Crippen LogP contribution in [0, 0.1) is 0 Å². The predicted molar refractivity (Wildman–Crippen MR) is 70.3 cm³/mol. The fraction of sp³-hybridized carbons (Fsp3) is 0.400. The molecule has 0 aliphatic heterocycles. The van der Waals surface area contributed by atoms with Gasteiger partial charge in [-0.25, -0.2) is 0 Å². The van der Waals surface area contributed by atoms with Gasteiger partial charge in [-0.3, -0.25) is 4.79 Å². The monoisotopic (exact) mass is 246 g/mol. The Balaban J connectivity index is 2.34. The van der Waals surface area contributed by atoms with Crippen molar-refractivity contribution in [2.24, 2.45) is 0 Å². The van der Waals surface area contributed by atoms with E-state index in [4.69, 9.17) is 4.74 Å². The van der Waals surface area contributed by atoms with Crippen molar-refractivity contribution in [3.05, 3.63) is 34.9 Å². The van der Waals surface area contributed by atoms with Gasteiger partial charge in [-0.1, -0.05) is 11.6 Å². The molecule has 1 aromatic carbocycles. The first kappa shape index (κ1) is 12.7. The average Bonchev–Trinajstić information content (AvgIpc) is 2.42. The molecule has 0 aromatic heterocycles. The van der Waals surface area contributed by atoms with Crippen LogP contribution in [-0.2, 0) is 6.42 Å². The number of rotatable bonds is 4. The Morgan fingerprint density at radius 1 is 1.39 bits per heavy atom. The van der Waals surface area contributed by atoms with E-state index >= 15 is 0 Å². The van der Waals surface area contributed by atoms with Gasteiger partial charge in [-0.05, 0) is 37.8 Å². The molecule has 0 spiro atoms. The predicted octanol–water partition coefficient (Wildman–Crippen LogP) is 3.26. The zero-order valence-corrected chi connectivity index (χ0v) is 10.6. The van der Waals surface area contributed by atoms with Gasteiger partial charge in [0.2, 0.25) is 0 Å². The van der Waals surface area contributed by atoms with Crippen molar-refractivity contribution >= 4 is 6.29 Å². The highest BCUT2D eigenvalue weighted by atomic mass is 16.5. The molecule has 0 atom stereocenters. The lowest BCUT2D eigenvalue weighted by Gasteiger charge is -2.16. The van der Waals surface area contributed by atoms with Gasteiger partial charge in [0.25, 0.3) is 0 Å². The highest BCUT2D eigenvalue weighted by Gasteiger charge is 2.15. The maximum Gasteiger partial charge on any atom is 0.153 e. The van der Waals surface area contributed by atoms with Crippen molar-refractivity contribution in [3.8, 4) is 11.5 Å². The van der Waals surface area contributed by atoms with E-state index in [0.29, 0.717) is 24.0 Å². The fourth-order valence-corrected chi connectivity index (χ4v) is 2.39. The van der Waals surface area contributed by atoms with E-state index in [-0.39, 0.29) is 5.75 Å². The van der Waals surface area contributed by atoms with Gasteiger partial charge in [-0.15, -0.1) is 0 Å². The first-order chi connectivity index (χ1) is 8.76. The van der Waals surface area contributed by atoms with Crippen LogP contribution < -0.4 is 4.74 Å². The van der Waals surface area contributed by atoms with Crippen molar-refractivity contribution in [1.82, 2.24) is 0 Å². The Kier molecular flexibility index (Phi) is 4.03. The van der Waals surface area contributed by atoms with E-state index in [0.717, 1.165) is 18.4 Å². The Morgan fingerprint density at radius 2 is 2.22 bits per heavy atom. The third-order valence-corrected chi connectivity index (χ3v) is 3.41. The maximum absolute atomic E-state index is 10.9. The molecule has 0 radical (unpaired) electrons. The molecule has 0 unspecified atom stereocenters. The number of phenols is 1. The maximum atomic E-state index is 10.9. The van der Waals surface area contributed by atoms with Crippen LogP contribution in [0.4, 0.5) is 0 Å². The highest BCUT2D eigenvalue weighted by Crippen LogP contribution is 2.34. The molecule has 18 heavy (non-hydrogen) atoms. The molecule has 1 N–H and O–H groups in total. The Bertz CT molecular complexity index is 475. The Hall–Kier alpha value is -1.77. The number of hydrogen-bond donors (Lipinski definition) is 1. The Morgan fingerprint density at radius 3 is 2.83 bits per heavy atom. The molecule has 2 rings (SSSR count). The fourth-order valence-electron chi connectivity index (χ4n) is 2.39. The van der Waals surface area contributed by atoms with Gasteiger partial charge in [0, 0.05) is 12.0 Å². The van der Waals surface area contributed by atoms with Crippen LogP contribution in [0.2, 0.25) is 0 Å². The summed E-state index contributed by atoms with van der Waals surface area (Å²) >= 11 is 0.